The average molecular weight is 224 g/mol. The van der Waals surface area contributed by atoms with Gasteiger partial charge in [0, 0.05) is 0 Å². The first-order valence-electron chi connectivity index (χ1n) is 6.43. The third-order valence-corrected chi connectivity index (χ3v) is 3.44. The fraction of sp³-hybridized carbons (Fsp3) is 0.294. The van der Waals surface area contributed by atoms with Gasteiger partial charge in [0.1, 0.15) is 0 Å². The van der Waals surface area contributed by atoms with Gasteiger partial charge in [0.25, 0.3) is 0 Å². The number of hydrogen-bond acceptors (Lipinski definition) is 0. The van der Waals surface area contributed by atoms with Crippen molar-refractivity contribution in [3.8, 4) is 0 Å². The van der Waals surface area contributed by atoms with Gasteiger partial charge in [0.05, 0.1) is 0 Å². The van der Waals surface area contributed by atoms with E-state index in [1.165, 1.54) is 23.1 Å². The summed E-state index contributed by atoms with van der Waals surface area (Å²) in [5, 5.41) is 0. The van der Waals surface area contributed by atoms with E-state index < -0.39 is 0 Å². The molecule has 0 heteroatoms. The monoisotopic (exact) mass is 224 g/mol. The second kappa shape index (κ2) is 5.67. The van der Waals surface area contributed by atoms with Crippen LogP contribution < -0.4 is 0 Å². The SMILES string of the molecule is CCC(C)c1ccccc1Cc1ccccc1. The molecule has 0 aromatic heterocycles. The number of hydrogen-bond donors (Lipinski definition) is 0. The maximum Gasteiger partial charge on any atom is -0.00229 e. The fourth-order valence-electron chi connectivity index (χ4n) is 2.21. The Balaban J connectivity index is 2.27. The highest BCUT2D eigenvalue weighted by Gasteiger charge is 2.08. The van der Waals surface area contributed by atoms with Gasteiger partial charge in [-0.1, -0.05) is 68.4 Å². The van der Waals surface area contributed by atoms with Gasteiger partial charge in [0.15, 0.2) is 0 Å². The summed E-state index contributed by atoms with van der Waals surface area (Å²) in [6, 6.07) is 19.5. The van der Waals surface area contributed by atoms with E-state index >= 15 is 0 Å². The van der Waals surface area contributed by atoms with Crippen LogP contribution in [0.1, 0.15) is 42.9 Å². The quantitative estimate of drug-likeness (QED) is 0.700. The molecule has 0 saturated heterocycles. The Labute approximate surface area is 104 Å². The van der Waals surface area contributed by atoms with E-state index in [1.807, 2.05) is 0 Å². The predicted octanol–water partition coefficient (Wildman–Crippen LogP) is 4.79. The van der Waals surface area contributed by atoms with Gasteiger partial charge >= 0.3 is 0 Å². The Morgan fingerprint density at radius 1 is 0.882 bits per heavy atom. The van der Waals surface area contributed by atoms with Crippen molar-refractivity contribution in [2.75, 3.05) is 0 Å². The molecule has 0 spiro atoms. The van der Waals surface area contributed by atoms with E-state index in [1.54, 1.807) is 0 Å². The number of rotatable bonds is 4. The van der Waals surface area contributed by atoms with Crippen LogP contribution in [0, 0.1) is 0 Å². The van der Waals surface area contributed by atoms with Crippen LogP contribution in [0.2, 0.25) is 0 Å². The molecule has 2 aromatic rings. The standard InChI is InChI=1S/C17H20/c1-3-14(2)17-12-8-7-11-16(17)13-15-9-5-4-6-10-15/h4-12,14H,3,13H2,1-2H3. The van der Waals surface area contributed by atoms with Gasteiger partial charge in [-0.05, 0) is 35.4 Å². The molecule has 0 bridgehead atoms. The van der Waals surface area contributed by atoms with Gasteiger partial charge in [-0.25, -0.2) is 0 Å². The molecule has 0 aliphatic heterocycles. The van der Waals surface area contributed by atoms with Crippen molar-refractivity contribution in [2.45, 2.75) is 32.6 Å². The normalized spacial score (nSPS) is 12.4. The van der Waals surface area contributed by atoms with Crippen LogP contribution in [-0.4, -0.2) is 0 Å². The summed E-state index contributed by atoms with van der Waals surface area (Å²) in [6.45, 7) is 4.56. The van der Waals surface area contributed by atoms with Crippen LogP contribution in [0.3, 0.4) is 0 Å². The zero-order chi connectivity index (χ0) is 12.1. The van der Waals surface area contributed by atoms with Crippen molar-refractivity contribution < 1.29 is 0 Å². The van der Waals surface area contributed by atoms with Gasteiger partial charge in [-0.15, -0.1) is 0 Å². The number of benzene rings is 2. The van der Waals surface area contributed by atoms with Crippen LogP contribution in [-0.2, 0) is 6.42 Å². The molecule has 88 valence electrons. The Morgan fingerprint density at radius 2 is 1.53 bits per heavy atom. The van der Waals surface area contributed by atoms with Crippen molar-refractivity contribution in [1.82, 2.24) is 0 Å². The highest BCUT2D eigenvalue weighted by Crippen LogP contribution is 2.24. The lowest BCUT2D eigenvalue weighted by Gasteiger charge is -2.14. The molecule has 0 heterocycles. The molecular formula is C17H20. The molecule has 0 nitrogen and oxygen atoms in total. The van der Waals surface area contributed by atoms with Crippen molar-refractivity contribution >= 4 is 0 Å². The first-order chi connectivity index (χ1) is 8.31. The molecule has 1 unspecified atom stereocenters. The maximum atomic E-state index is 2.31. The molecule has 0 N–H and O–H groups in total. The zero-order valence-electron chi connectivity index (χ0n) is 10.7. The molecule has 17 heavy (non-hydrogen) atoms. The summed E-state index contributed by atoms with van der Waals surface area (Å²) in [6.07, 6.45) is 2.24. The van der Waals surface area contributed by atoms with Crippen molar-refractivity contribution in [3.63, 3.8) is 0 Å². The Hall–Kier alpha value is -1.56. The first-order valence-corrected chi connectivity index (χ1v) is 6.43. The van der Waals surface area contributed by atoms with Crippen molar-refractivity contribution in [3.05, 3.63) is 71.3 Å². The smallest absolute Gasteiger partial charge is 0.00229 e. The lowest BCUT2D eigenvalue weighted by atomic mass is 9.91. The van der Waals surface area contributed by atoms with Crippen LogP contribution in [0.4, 0.5) is 0 Å². The third kappa shape index (κ3) is 2.97. The highest BCUT2D eigenvalue weighted by molar-refractivity contribution is 5.34. The second-order valence-corrected chi connectivity index (χ2v) is 4.67. The topological polar surface area (TPSA) is 0 Å². The van der Waals surface area contributed by atoms with E-state index in [2.05, 4.69) is 68.4 Å². The average Bonchev–Trinajstić information content (AvgIpc) is 2.40. The molecule has 1 atom stereocenters. The van der Waals surface area contributed by atoms with Crippen LogP contribution >= 0.6 is 0 Å². The minimum absolute atomic E-state index is 0.648. The molecule has 0 aliphatic carbocycles. The fourth-order valence-corrected chi connectivity index (χ4v) is 2.21. The summed E-state index contributed by atoms with van der Waals surface area (Å²) < 4.78 is 0. The van der Waals surface area contributed by atoms with E-state index in [9.17, 15) is 0 Å². The first kappa shape index (κ1) is 11.9. The van der Waals surface area contributed by atoms with Gasteiger partial charge in [-0.3, -0.25) is 0 Å². The summed E-state index contributed by atoms with van der Waals surface area (Å²) in [4.78, 5) is 0. The molecule has 0 aliphatic rings. The highest BCUT2D eigenvalue weighted by atomic mass is 14.1. The van der Waals surface area contributed by atoms with Crippen molar-refractivity contribution in [1.29, 1.82) is 0 Å². The van der Waals surface area contributed by atoms with E-state index in [0.29, 0.717) is 5.92 Å². The van der Waals surface area contributed by atoms with Crippen LogP contribution in [0.25, 0.3) is 0 Å². The van der Waals surface area contributed by atoms with Crippen LogP contribution in [0.5, 0.6) is 0 Å². The van der Waals surface area contributed by atoms with Gasteiger partial charge in [0.2, 0.25) is 0 Å². The molecule has 0 saturated carbocycles. The van der Waals surface area contributed by atoms with Gasteiger partial charge < -0.3 is 0 Å². The third-order valence-electron chi connectivity index (χ3n) is 3.44. The summed E-state index contributed by atoms with van der Waals surface area (Å²) in [5.41, 5.74) is 4.36. The second-order valence-electron chi connectivity index (χ2n) is 4.67. The summed E-state index contributed by atoms with van der Waals surface area (Å²) in [7, 11) is 0. The molecule has 2 rings (SSSR count). The van der Waals surface area contributed by atoms with Crippen LogP contribution in [0.15, 0.2) is 54.6 Å². The zero-order valence-corrected chi connectivity index (χ0v) is 10.7. The molecule has 0 amide bonds. The maximum absolute atomic E-state index is 2.31. The van der Waals surface area contributed by atoms with Gasteiger partial charge in [-0.2, -0.15) is 0 Å². The Bertz CT molecular complexity index is 456. The largest absolute Gasteiger partial charge is 0.0648 e. The van der Waals surface area contributed by atoms with E-state index in [-0.39, 0.29) is 0 Å². The van der Waals surface area contributed by atoms with E-state index in [4.69, 9.17) is 0 Å². The minimum atomic E-state index is 0.648. The molecule has 0 fully saturated rings. The summed E-state index contributed by atoms with van der Waals surface area (Å²) >= 11 is 0. The van der Waals surface area contributed by atoms with E-state index in [0.717, 1.165) is 6.42 Å². The molecular weight excluding hydrogens is 204 g/mol. The lowest BCUT2D eigenvalue weighted by Crippen LogP contribution is -1.99. The minimum Gasteiger partial charge on any atom is -0.0648 e. The molecule has 2 aromatic carbocycles. The predicted molar refractivity (Wildman–Crippen MR) is 74.4 cm³/mol. The Kier molecular flexibility index (Phi) is 3.98. The molecule has 0 radical (unpaired) electrons. The lowest BCUT2D eigenvalue weighted by molar-refractivity contribution is 0.725. The Morgan fingerprint density at radius 3 is 2.24 bits per heavy atom. The van der Waals surface area contributed by atoms with Crippen molar-refractivity contribution in [2.24, 2.45) is 0 Å². The summed E-state index contributed by atoms with van der Waals surface area (Å²) in [5.74, 6) is 0.648.